The lowest BCUT2D eigenvalue weighted by atomic mass is 10.2. The van der Waals surface area contributed by atoms with Gasteiger partial charge in [-0.15, -0.1) is 0 Å². The van der Waals surface area contributed by atoms with Crippen LogP contribution in [0.25, 0.3) is 0 Å². The minimum absolute atomic E-state index is 0.228. The highest BCUT2D eigenvalue weighted by Crippen LogP contribution is 2.11. The van der Waals surface area contributed by atoms with E-state index in [4.69, 9.17) is 0 Å². The number of aromatic nitrogens is 2. The van der Waals surface area contributed by atoms with Gasteiger partial charge >= 0.3 is 5.97 Å². The van der Waals surface area contributed by atoms with Crippen LogP contribution >= 0.6 is 0 Å². The zero-order chi connectivity index (χ0) is 14.5. The van der Waals surface area contributed by atoms with Gasteiger partial charge in [0.25, 0.3) is 5.91 Å². The van der Waals surface area contributed by atoms with E-state index < -0.39 is 5.97 Å². The molecule has 102 valence electrons. The molecule has 2 aromatic heterocycles. The van der Waals surface area contributed by atoms with Gasteiger partial charge in [-0.1, -0.05) is 6.07 Å². The predicted octanol–water partition coefficient (Wildman–Crippen LogP) is 1.54. The summed E-state index contributed by atoms with van der Waals surface area (Å²) in [6.45, 7) is 0. The number of hydrogen-bond donors (Lipinski definition) is 0. The first-order chi connectivity index (χ1) is 9.63. The van der Waals surface area contributed by atoms with Crippen LogP contribution in [0, 0.1) is 0 Å². The zero-order valence-electron chi connectivity index (χ0n) is 11.1. The number of nitrogens with zero attached hydrogens (tertiary/aromatic N) is 3. The van der Waals surface area contributed by atoms with E-state index in [9.17, 15) is 9.59 Å². The molecular formula is C14H13N3O3. The summed E-state index contributed by atoms with van der Waals surface area (Å²) in [6.07, 6.45) is 2.91. The van der Waals surface area contributed by atoms with Crippen molar-refractivity contribution in [2.24, 2.45) is 0 Å². The van der Waals surface area contributed by atoms with E-state index in [1.807, 2.05) is 0 Å². The van der Waals surface area contributed by atoms with Crippen molar-refractivity contribution in [1.29, 1.82) is 0 Å². The van der Waals surface area contributed by atoms with Gasteiger partial charge in [0.1, 0.15) is 11.5 Å². The SMILES string of the molecule is COC(=O)c1ccc(C(=O)N(C)c2ccccn2)nc1. The number of hydrogen-bond acceptors (Lipinski definition) is 5. The fourth-order valence-electron chi connectivity index (χ4n) is 1.59. The van der Waals surface area contributed by atoms with Gasteiger partial charge in [-0.2, -0.15) is 0 Å². The quantitative estimate of drug-likeness (QED) is 0.792. The maximum atomic E-state index is 12.2. The molecule has 6 nitrogen and oxygen atoms in total. The Hall–Kier alpha value is -2.76. The number of carbonyl (C=O) groups excluding carboxylic acids is 2. The van der Waals surface area contributed by atoms with Crippen molar-refractivity contribution in [2.75, 3.05) is 19.1 Å². The van der Waals surface area contributed by atoms with Crippen LogP contribution in [-0.2, 0) is 4.74 Å². The molecule has 0 spiro atoms. The van der Waals surface area contributed by atoms with Crippen LogP contribution < -0.4 is 4.90 Å². The number of rotatable bonds is 3. The van der Waals surface area contributed by atoms with Crippen molar-refractivity contribution in [2.45, 2.75) is 0 Å². The Balaban J connectivity index is 2.19. The molecule has 0 aliphatic heterocycles. The van der Waals surface area contributed by atoms with Crippen molar-refractivity contribution >= 4 is 17.7 Å². The summed E-state index contributed by atoms with van der Waals surface area (Å²) in [5.41, 5.74) is 0.523. The Morgan fingerprint density at radius 3 is 2.50 bits per heavy atom. The summed E-state index contributed by atoms with van der Waals surface area (Å²) in [5.74, 6) is -0.272. The third kappa shape index (κ3) is 2.80. The van der Waals surface area contributed by atoms with Gasteiger partial charge in [-0.05, 0) is 24.3 Å². The minimum Gasteiger partial charge on any atom is -0.465 e. The molecule has 0 aromatic carbocycles. The van der Waals surface area contributed by atoms with Crippen LogP contribution in [0.1, 0.15) is 20.8 Å². The lowest BCUT2D eigenvalue weighted by Crippen LogP contribution is -2.27. The number of methoxy groups -OCH3 is 1. The standard InChI is InChI=1S/C14H13N3O3/c1-17(12-5-3-4-8-15-12)13(18)11-7-6-10(9-16-11)14(19)20-2/h3-9H,1-2H3. The van der Waals surface area contributed by atoms with E-state index in [0.29, 0.717) is 11.4 Å². The normalized spacial score (nSPS) is 9.90. The van der Waals surface area contributed by atoms with E-state index >= 15 is 0 Å². The minimum atomic E-state index is -0.491. The van der Waals surface area contributed by atoms with Gasteiger partial charge in [0.2, 0.25) is 0 Å². The molecule has 6 heteroatoms. The second-order valence-electron chi connectivity index (χ2n) is 3.98. The fraction of sp³-hybridized carbons (Fsp3) is 0.143. The highest BCUT2D eigenvalue weighted by Gasteiger charge is 2.16. The Kier molecular flexibility index (Phi) is 4.05. The first-order valence-corrected chi connectivity index (χ1v) is 5.87. The highest BCUT2D eigenvalue weighted by molar-refractivity contribution is 6.04. The Morgan fingerprint density at radius 1 is 1.15 bits per heavy atom. The molecule has 2 rings (SSSR count). The number of esters is 1. The van der Waals surface area contributed by atoms with Gasteiger partial charge in [0.05, 0.1) is 12.7 Å². The monoisotopic (exact) mass is 271 g/mol. The van der Waals surface area contributed by atoms with Gasteiger partial charge in [0, 0.05) is 19.4 Å². The molecule has 1 amide bonds. The smallest absolute Gasteiger partial charge is 0.339 e. The largest absolute Gasteiger partial charge is 0.465 e. The maximum Gasteiger partial charge on any atom is 0.339 e. The summed E-state index contributed by atoms with van der Waals surface area (Å²) in [5, 5.41) is 0. The summed E-state index contributed by atoms with van der Waals surface area (Å²) in [6, 6.07) is 8.26. The third-order valence-corrected chi connectivity index (χ3v) is 2.70. The van der Waals surface area contributed by atoms with E-state index in [1.54, 1.807) is 31.4 Å². The van der Waals surface area contributed by atoms with Gasteiger partial charge in [0.15, 0.2) is 0 Å². The Labute approximate surface area is 116 Å². The number of ether oxygens (including phenoxy) is 1. The number of amides is 1. The summed E-state index contributed by atoms with van der Waals surface area (Å²) >= 11 is 0. The molecule has 2 heterocycles. The average Bonchev–Trinajstić information content (AvgIpc) is 2.53. The summed E-state index contributed by atoms with van der Waals surface area (Å²) in [4.78, 5) is 32.9. The number of anilines is 1. The Morgan fingerprint density at radius 2 is 1.95 bits per heavy atom. The molecule has 0 N–H and O–H groups in total. The summed E-state index contributed by atoms with van der Waals surface area (Å²) in [7, 11) is 2.90. The predicted molar refractivity (Wildman–Crippen MR) is 72.5 cm³/mol. The van der Waals surface area contributed by atoms with Crippen LogP contribution in [0.2, 0.25) is 0 Å². The zero-order valence-corrected chi connectivity index (χ0v) is 11.1. The number of pyridine rings is 2. The van der Waals surface area contributed by atoms with Crippen molar-refractivity contribution in [3.8, 4) is 0 Å². The van der Waals surface area contributed by atoms with Crippen molar-refractivity contribution in [1.82, 2.24) is 9.97 Å². The van der Waals surface area contributed by atoms with E-state index in [0.717, 1.165) is 0 Å². The van der Waals surface area contributed by atoms with Crippen LogP contribution in [0.3, 0.4) is 0 Å². The first-order valence-electron chi connectivity index (χ1n) is 5.87. The molecule has 20 heavy (non-hydrogen) atoms. The van der Waals surface area contributed by atoms with Crippen LogP contribution in [0.4, 0.5) is 5.82 Å². The Bertz CT molecular complexity index is 611. The molecule has 0 saturated heterocycles. The maximum absolute atomic E-state index is 12.2. The molecule has 0 unspecified atom stereocenters. The molecule has 0 saturated carbocycles. The lowest BCUT2D eigenvalue weighted by molar-refractivity contribution is 0.0600. The number of carbonyl (C=O) groups is 2. The molecule has 2 aromatic rings. The van der Waals surface area contributed by atoms with Crippen LogP contribution in [0.15, 0.2) is 42.7 Å². The van der Waals surface area contributed by atoms with Gasteiger partial charge < -0.3 is 4.74 Å². The van der Waals surface area contributed by atoms with E-state index in [-0.39, 0.29) is 11.6 Å². The summed E-state index contributed by atoms with van der Waals surface area (Å²) < 4.78 is 4.57. The van der Waals surface area contributed by atoms with Crippen molar-refractivity contribution in [3.05, 3.63) is 54.0 Å². The second kappa shape index (κ2) is 5.92. The molecule has 0 fully saturated rings. The third-order valence-electron chi connectivity index (χ3n) is 2.70. The van der Waals surface area contributed by atoms with Crippen molar-refractivity contribution in [3.63, 3.8) is 0 Å². The fourth-order valence-corrected chi connectivity index (χ4v) is 1.59. The second-order valence-corrected chi connectivity index (χ2v) is 3.98. The van der Waals surface area contributed by atoms with Gasteiger partial charge in [-0.25, -0.2) is 9.78 Å². The first kappa shape index (κ1) is 13.7. The van der Waals surface area contributed by atoms with E-state index in [2.05, 4.69) is 14.7 Å². The molecule has 0 aliphatic carbocycles. The van der Waals surface area contributed by atoms with Crippen molar-refractivity contribution < 1.29 is 14.3 Å². The molecule has 0 aliphatic rings. The topological polar surface area (TPSA) is 72.4 Å². The van der Waals surface area contributed by atoms with Crippen LogP contribution in [-0.4, -0.2) is 36.0 Å². The molecular weight excluding hydrogens is 258 g/mol. The lowest BCUT2D eigenvalue weighted by Gasteiger charge is -2.15. The molecule has 0 radical (unpaired) electrons. The van der Waals surface area contributed by atoms with Gasteiger partial charge in [-0.3, -0.25) is 14.7 Å². The highest BCUT2D eigenvalue weighted by atomic mass is 16.5. The average molecular weight is 271 g/mol. The molecule has 0 atom stereocenters. The molecule has 0 bridgehead atoms. The van der Waals surface area contributed by atoms with Crippen LogP contribution in [0.5, 0.6) is 0 Å². The van der Waals surface area contributed by atoms with E-state index in [1.165, 1.54) is 30.3 Å².